The number of hydrogen-bond acceptors (Lipinski definition) is 4. The van der Waals surface area contributed by atoms with Crippen LogP contribution in [0.2, 0.25) is 0 Å². The number of urea groups is 1. The average Bonchev–Trinajstić information content (AvgIpc) is 3.05. The second-order valence-electron chi connectivity index (χ2n) is 5.80. The van der Waals surface area contributed by atoms with Gasteiger partial charge in [0.15, 0.2) is 6.61 Å². The summed E-state index contributed by atoms with van der Waals surface area (Å²) >= 11 is 0. The lowest BCUT2D eigenvalue weighted by Crippen LogP contribution is -2.44. The first-order chi connectivity index (χ1) is 11.5. The van der Waals surface area contributed by atoms with E-state index in [0.717, 1.165) is 36.8 Å². The van der Waals surface area contributed by atoms with E-state index in [4.69, 9.17) is 4.74 Å². The zero-order chi connectivity index (χ0) is 17.4. The van der Waals surface area contributed by atoms with Crippen LogP contribution < -0.4 is 10.6 Å². The van der Waals surface area contributed by atoms with Crippen molar-refractivity contribution in [2.45, 2.75) is 38.6 Å². The van der Waals surface area contributed by atoms with Gasteiger partial charge in [-0.1, -0.05) is 37.1 Å². The number of nitrogens with one attached hydrogen (secondary N) is 2. The lowest BCUT2D eigenvalue weighted by molar-refractivity contribution is -0.143. The van der Waals surface area contributed by atoms with Gasteiger partial charge in [-0.3, -0.25) is 10.1 Å². The molecule has 2 rings (SSSR count). The van der Waals surface area contributed by atoms with Gasteiger partial charge in [0.25, 0.3) is 5.91 Å². The number of benzene rings is 1. The van der Waals surface area contributed by atoms with Crippen LogP contribution in [0.5, 0.6) is 0 Å². The quantitative estimate of drug-likeness (QED) is 0.641. The standard InChI is InChI=1S/C18H22N2O4/c1-13-6-2-3-7-14(13)10-11-17(22)24-12-16(21)20-18(23)19-15-8-4-5-9-15/h2-3,6-7,10-11,15H,4-5,8-9,12H2,1H3,(H2,19,20,21,23)/b11-10+. The molecule has 0 radical (unpaired) electrons. The van der Waals surface area contributed by atoms with Gasteiger partial charge in [-0.25, -0.2) is 9.59 Å². The van der Waals surface area contributed by atoms with Crippen molar-refractivity contribution in [1.82, 2.24) is 10.6 Å². The van der Waals surface area contributed by atoms with Crippen molar-refractivity contribution in [2.24, 2.45) is 0 Å². The van der Waals surface area contributed by atoms with E-state index in [0.29, 0.717) is 0 Å². The number of ether oxygens (including phenoxy) is 1. The topological polar surface area (TPSA) is 84.5 Å². The number of amides is 3. The Morgan fingerprint density at radius 1 is 1.21 bits per heavy atom. The van der Waals surface area contributed by atoms with E-state index in [1.54, 1.807) is 6.08 Å². The van der Waals surface area contributed by atoms with Crippen molar-refractivity contribution in [1.29, 1.82) is 0 Å². The van der Waals surface area contributed by atoms with E-state index in [-0.39, 0.29) is 6.04 Å². The molecule has 0 unspecified atom stereocenters. The van der Waals surface area contributed by atoms with Gasteiger partial charge in [0.1, 0.15) is 0 Å². The Morgan fingerprint density at radius 2 is 1.92 bits per heavy atom. The fourth-order valence-corrected chi connectivity index (χ4v) is 2.57. The summed E-state index contributed by atoms with van der Waals surface area (Å²) in [6.45, 7) is 1.44. The third-order valence-corrected chi connectivity index (χ3v) is 3.88. The molecule has 1 aliphatic carbocycles. The maximum Gasteiger partial charge on any atom is 0.331 e. The van der Waals surface area contributed by atoms with Crippen LogP contribution in [0.3, 0.4) is 0 Å². The molecular formula is C18H22N2O4. The van der Waals surface area contributed by atoms with E-state index >= 15 is 0 Å². The number of carbonyl (C=O) groups is 3. The van der Waals surface area contributed by atoms with E-state index in [9.17, 15) is 14.4 Å². The highest BCUT2D eigenvalue weighted by Crippen LogP contribution is 2.17. The summed E-state index contributed by atoms with van der Waals surface area (Å²) in [7, 11) is 0. The van der Waals surface area contributed by atoms with E-state index < -0.39 is 24.5 Å². The lowest BCUT2D eigenvalue weighted by Gasteiger charge is -2.12. The summed E-state index contributed by atoms with van der Waals surface area (Å²) in [6, 6.07) is 7.16. The average molecular weight is 330 g/mol. The van der Waals surface area contributed by atoms with Crippen LogP contribution in [0.4, 0.5) is 4.79 Å². The Kier molecular flexibility index (Phi) is 6.54. The Morgan fingerprint density at radius 3 is 2.62 bits per heavy atom. The van der Waals surface area contributed by atoms with Gasteiger partial charge in [-0.15, -0.1) is 0 Å². The predicted octanol–water partition coefficient (Wildman–Crippen LogP) is 2.32. The summed E-state index contributed by atoms with van der Waals surface area (Å²) in [5, 5.41) is 4.88. The molecule has 0 saturated heterocycles. The van der Waals surface area contributed by atoms with Gasteiger partial charge in [0.05, 0.1) is 0 Å². The Balaban J connectivity index is 1.70. The molecule has 1 saturated carbocycles. The van der Waals surface area contributed by atoms with Gasteiger partial charge >= 0.3 is 12.0 Å². The van der Waals surface area contributed by atoms with Crippen LogP contribution in [0, 0.1) is 6.92 Å². The fourth-order valence-electron chi connectivity index (χ4n) is 2.57. The number of aryl methyl sites for hydroxylation is 1. The van der Waals surface area contributed by atoms with Gasteiger partial charge < -0.3 is 10.1 Å². The highest BCUT2D eigenvalue weighted by atomic mass is 16.5. The number of carbonyl (C=O) groups excluding carboxylic acids is 3. The summed E-state index contributed by atoms with van der Waals surface area (Å²) in [4.78, 5) is 34.8. The van der Waals surface area contributed by atoms with Gasteiger partial charge in [-0.2, -0.15) is 0 Å². The second kappa shape index (κ2) is 8.86. The fraction of sp³-hybridized carbons (Fsp3) is 0.389. The van der Waals surface area contributed by atoms with Crippen LogP contribution in [0.1, 0.15) is 36.8 Å². The predicted molar refractivity (Wildman–Crippen MR) is 90.1 cm³/mol. The number of esters is 1. The molecule has 1 aliphatic rings. The maximum absolute atomic E-state index is 11.6. The summed E-state index contributed by atoms with van der Waals surface area (Å²) in [6.07, 6.45) is 6.92. The normalized spacial score (nSPS) is 14.5. The molecule has 1 aromatic rings. The van der Waals surface area contributed by atoms with Crippen LogP contribution in [0.15, 0.2) is 30.3 Å². The van der Waals surface area contributed by atoms with Crippen molar-refractivity contribution < 1.29 is 19.1 Å². The Hall–Kier alpha value is -2.63. The summed E-state index contributed by atoms with van der Waals surface area (Å²) in [5.41, 5.74) is 1.93. The number of hydrogen-bond donors (Lipinski definition) is 2. The molecule has 0 bridgehead atoms. The molecule has 6 nitrogen and oxygen atoms in total. The van der Waals surface area contributed by atoms with Crippen LogP contribution in [-0.4, -0.2) is 30.6 Å². The Labute approximate surface area is 141 Å². The van der Waals surface area contributed by atoms with Gasteiger partial charge in [0, 0.05) is 12.1 Å². The highest BCUT2D eigenvalue weighted by molar-refractivity contribution is 5.96. The first-order valence-corrected chi connectivity index (χ1v) is 8.05. The van der Waals surface area contributed by atoms with Crippen LogP contribution in [-0.2, 0) is 14.3 Å². The molecule has 24 heavy (non-hydrogen) atoms. The SMILES string of the molecule is Cc1ccccc1/C=C/C(=O)OCC(=O)NC(=O)NC1CCCC1. The van der Waals surface area contributed by atoms with Crippen molar-refractivity contribution in [3.63, 3.8) is 0 Å². The third kappa shape index (κ3) is 5.87. The second-order valence-corrected chi connectivity index (χ2v) is 5.80. The van der Waals surface area contributed by atoms with Gasteiger partial charge in [0.2, 0.25) is 0 Å². The molecule has 2 N–H and O–H groups in total. The lowest BCUT2D eigenvalue weighted by atomic mass is 10.1. The highest BCUT2D eigenvalue weighted by Gasteiger charge is 2.18. The minimum atomic E-state index is -0.650. The molecule has 128 valence electrons. The molecular weight excluding hydrogens is 308 g/mol. The van der Waals surface area contributed by atoms with Crippen molar-refractivity contribution in [2.75, 3.05) is 6.61 Å². The smallest absolute Gasteiger partial charge is 0.331 e. The molecule has 1 fully saturated rings. The molecule has 0 aromatic heterocycles. The minimum Gasteiger partial charge on any atom is -0.452 e. The molecule has 1 aromatic carbocycles. The number of rotatable bonds is 5. The maximum atomic E-state index is 11.6. The zero-order valence-corrected chi connectivity index (χ0v) is 13.7. The molecule has 0 aliphatic heterocycles. The number of imide groups is 1. The minimum absolute atomic E-state index is 0.123. The van der Waals surface area contributed by atoms with Crippen molar-refractivity contribution in [3.05, 3.63) is 41.5 Å². The summed E-state index contributed by atoms with van der Waals surface area (Å²) < 4.78 is 4.82. The molecule has 6 heteroatoms. The molecule has 0 spiro atoms. The first kappa shape index (κ1) is 17.7. The molecule has 3 amide bonds. The van der Waals surface area contributed by atoms with Crippen LogP contribution >= 0.6 is 0 Å². The molecule has 0 atom stereocenters. The van der Waals surface area contributed by atoms with E-state index in [1.807, 2.05) is 31.2 Å². The summed E-state index contributed by atoms with van der Waals surface area (Å²) in [5.74, 6) is -1.28. The monoisotopic (exact) mass is 330 g/mol. The Bertz CT molecular complexity index is 634. The first-order valence-electron chi connectivity index (χ1n) is 8.05. The van der Waals surface area contributed by atoms with E-state index in [2.05, 4.69) is 10.6 Å². The van der Waals surface area contributed by atoms with Gasteiger partial charge in [-0.05, 0) is 37.0 Å². The van der Waals surface area contributed by atoms with Crippen molar-refractivity contribution in [3.8, 4) is 0 Å². The van der Waals surface area contributed by atoms with Crippen molar-refractivity contribution >= 4 is 24.0 Å². The molecule has 0 heterocycles. The third-order valence-electron chi connectivity index (χ3n) is 3.88. The van der Waals surface area contributed by atoms with Crippen LogP contribution in [0.25, 0.3) is 6.08 Å². The zero-order valence-electron chi connectivity index (χ0n) is 13.7. The van der Waals surface area contributed by atoms with E-state index in [1.165, 1.54) is 6.08 Å². The largest absolute Gasteiger partial charge is 0.452 e.